The molecule has 27 heavy (non-hydrogen) atoms. The number of fused-ring (bicyclic) bond motifs is 1. The zero-order valence-electron chi connectivity index (χ0n) is 14.2. The number of hydrogen-bond donors (Lipinski definition) is 1. The van der Waals surface area contributed by atoms with Crippen LogP contribution in [0.2, 0.25) is 0 Å². The standard InChI is InChI=1S/C17H16N8O2/c26-16-6-5-15(24-9-3-7-18-24)22-25(16)13-11-27-10-12(13)19-17-21-20-14-4-1-2-8-23(14)17/h1-9,12-13H,10-11H2,(H,19,21). The molecule has 0 amide bonds. The maximum atomic E-state index is 12.4. The van der Waals surface area contributed by atoms with Gasteiger partial charge in [0.2, 0.25) is 5.95 Å². The van der Waals surface area contributed by atoms with Crippen molar-refractivity contribution in [1.82, 2.24) is 34.2 Å². The van der Waals surface area contributed by atoms with Crippen molar-refractivity contribution in [3.05, 3.63) is 65.3 Å². The van der Waals surface area contributed by atoms with Crippen LogP contribution in [0.5, 0.6) is 0 Å². The summed E-state index contributed by atoms with van der Waals surface area (Å²) >= 11 is 0. The minimum absolute atomic E-state index is 0.171. The maximum Gasteiger partial charge on any atom is 0.267 e. The van der Waals surface area contributed by atoms with Gasteiger partial charge in [0.15, 0.2) is 11.5 Å². The van der Waals surface area contributed by atoms with Gasteiger partial charge >= 0.3 is 0 Å². The van der Waals surface area contributed by atoms with E-state index >= 15 is 0 Å². The quantitative estimate of drug-likeness (QED) is 0.563. The largest absolute Gasteiger partial charge is 0.377 e. The van der Waals surface area contributed by atoms with Gasteiger partial charge in [-0.15, -0.1) is 15.3 Å². The van der Waals surface area contributed by atoms with Gasteiger partial charge in [0.1, 0.15) is 6.04 Å². The van der Waals surface area contributed by atoms with Gasteiger partial charge in [-0.05, 0) is 24.3 Å². The first kappa shape index (κ1) is 15.7. The second-order valence-electron chi connectivity index (χ2n) is 6.23. The van der Waals surface area contributed by atoms with Crippen molar-refractivity contribution in [2.75, 3.05) is 18.5 Å². The lowest BCUT2D eigenvalue weighted by Crippen LogP contribution is -2.38. The minimum atomic E-state index is -0.274. The van der Waals surface area contributed by atoms with Crippen molar-refractivity contribution in [2.24, 2.45) is 0 Å². The highest BCUT2D eigenvalue weighted by atomic mass is 16.5. The first-order valence-electron chi connectivity index (χ1n) is 8.53. The molecule has 1 saturated heterocycles. The summed E-state index contributed by atoms with van der Waals surface area (Å²) in [6, 6.07) is 10.2. The average molecular weight is 364 g/mol. The summed E-state index contributed by atoms with van der Waals surface area (Å²) in [5.41, 5.74) is 0.547. The summed E-state index contributed by atoms with van der Waals surface area (Å²) in [6.07, 6.45) is 5.32. The van der Waals surface area contributed by atoms with E-state index in [1.165, 1.54) is 10.7 Å². The van der Waals surface area contributed by atoms with Crippen LogP contribution in [0.25, 0.3) is 11.5 Å². The Labute approximate surface area is 153 Å². The molecule has 0 bridgehead atoms. The normalized spacial score (nSPS) is 19.6. The minimum Gasteiger partial charge on any atom is -0.377 e. The van der Waals surface area contributed by atoms with Crippen molar-refractivity contribution < 1.29 is 4.74 Å². The number of nitrogens with one attached hydrogen (secondary N) is 1. The monoisotopic (exact) mass is 364 g/mol. The SMILES string of the molecule is O=c1ccc(-n2cccn2)nn1C1COCC1Nc1nnc2ccccn12. The number of hydrogen-bond acceptors (Lipinski definition) is 7. The summed E-state index contributed by atoms with van der Waals surface area (Å²) in [5, 5.41) is 20.3. The molecule has 1 N–H and O–H groups in total. The zero-order chi connectivity index (χ0) is 18.2. The second kappa shape index (κ2) is 6.32. The number of ether oxygens (including phenoxy) is 1. The molecule has 0 aromatic carbocycles. The highest BCUT2D eigenvalue weighted by Gasteiger charge is 2.32. The molecule has 136 valence electrons. The lowest BCUT2D eigenvalue weighted by atomic mass is 10.2. The Bertz CT molecular complexity index is 1130. The highest BCUT2D eigenvalue weighted by molar-refractivity contribution is 5.45. The van der Waals surface area contributed by atoms with Crippen molar-refractivity contribution in [3.8, 4) is 5.82 Å². The summed E-state index contributed by atoms with van der Waals surface area (Å²) in [7, 11) is 0. The first-order chi connectivity index (χ1) is 13.3. The van der Waals surface area contributed by atoms with Crippen LogP contribution in [-0.2, 0) is 4.74 Å². The van der Waals surface area contributed by atoms with Crippen LogP contribution in [0.1, 0.15) is 6.04 Å². The van der Waals surface area contributed by atoms with Gasteiger partial charge in [-0.3, -0.25) is 9.20 Å². The van der Waals surface area contributed by atoms with Gasteiger partial charge in [-0.25, -0.2) is 9.36 Å². The van der Waals surface area contributed by atoms with Gasteiger partial charge in [0.05, 0.1) is 19.3 Å². The molecule has 0 radical (unpaired) electrons. The molecule has 5 rings (SSSR count). The van der Waals surface area contributed by atoms with Crippen LogP contribution in [0.4, 0.5) is 5.95 Å². The molecule has 1 aliphatic heterocycles. The molecule has 2 atom stereocenters. The Balaban J connectivity index is 1.48. The molecule has 4 aromatic rings. The molecular formula is C17H16N8O2. The third kappa shape index (κ3) is 2.75. The molecule has 10 heteroatoms. The van der Waals surface area contributed by atoms with Crippen LogP contribution >= 0.6 is 0 Å². The smallest absolute Gasteiger partial charge is 0.267 e. The van der Waals surface area contributed by atoms with E-state index in [9.17, 15) is 4.79 Å². The summed E-state index contributed by atoms with van der Waals surface area (Å²) in [5.74, 6) is 1.17. The molecule has 0 aliphatic carbocycles. The molecule has 5 heterocycles. The second-order valence-corrected chi connectivity index (χ2v) is 6.23. The van der Waals surface area contributed by atoms with Crippen molar-refractivity contribution in [3.63, 3.8) is 0 Å². The van der Waals surface area contributed by atoms with E-state index < -0.39 is 0 Å². The van der Waals surface area contributed by atoms with Crippen molar-refractivity contribution >= 4 is 11.6 Å². The Morgan fingerprint density at radius 3 is 2.93 bits per heavy atom. The highest BCUT2D eigenvalue weighted by Crippen LogP contribution is 2.21. The predicted molar refractivity (Wildman–Crippen MR) is 95.9 cm³/mol. The van der Waals surface area contributed by atoms with E-state index in [1.54, 1.807) is 29.2 Å². The number of nitrogens with zero attached hydrogens (tertiary/aromatic N) is 7. The topological polar surface area (TPSA) is 104 Å². The summed E-state index contributed by atoms with van der Waals surface area (Å²) in [4.78, 5) is 12.4. The van der Waals surface area contributed by atoms with Gasteiger partial charge in [0, 0.05) is 24.7 Å². The summed E-state index contributed by atoms with van der Waals surface area (Å²) < 4.78 is 10.5. The van der Waals surface area contributed by atoms with E-state index in [0.29, 0.717) is 25.0 Å². The predicted octanol–water partition coefficient (Wildman–Crippen LogP) is 0.524. The molecule has 1 aliphatic rings. The molecule has 1 fully saturated rings. The molecule has 0 spiro atoms. The fraction of sp³-hybridized carbons (Fsp3) is 0.235. The Morgan fingerprint density at radius 2 is 2.04 bits per heavy atom. The fourth-order valence-corrected chi connectivity index (χ4v) is 3.21. The van der Waals surface area contributed by atoms with Crippen LogP contribution in [-0.4, -0.2) is 53.4 Å². The molecule has 0 saturated carbocycles. The van der Waals surface area contributed by atoms with E-state index in [1.807, 2.05) is 28.8 Å². The van der Waals surface area contributed by atoms with Gasteiger partial charge < -0.3 is 10.1 Å². The number of pyridine rings is 1. The lowest BCUT2D eigenvalue weighted by molar-refractivity contribution is 0.182. The van der Waals surface area contributed by atoms with E-state index in [4.69, 9.17) is 4.74 Å². The molecule has 10 nitrogen and oxygen atoms in total. The first-order valence-corrected chi connectivity index (χ1v) is 8.53. The Morgan fingerprint density at radius 1 is 1.07 bits per heavy atom. The molecule has 4 aromatic heterocycles. The molecular weight excluding hydrogens is 348 g/mol. The van der Waals surface area contributed by atoms with Gasteiger partial charge in [-0.2, -0.15) is 5.10 Å². The fourth-order valence-electron chi connectivity index (χ4n) is 3.21. The van der Waals surface area contributed by atoms with Gasteiger partial charge in [0.25, 0.3) is 5.56 Å². The Hall–Kier alpha value is -3.53. The van der Waals surface area contributed by atoms with E-state index in [2.05, 4.69) is 25.7 Å². The lowest BCUT2D eigenvalue weighted by Gasteiger charge is -2.20. The van der Waals surface area contributed by atoms with Crippen molar-refractivity contribution in [1.29, 1.82) is 0 Å². The third-order valence-corrected chi connectivity index (χ3v) is 4.54. The van der Waals surface area contributed by atoms with Crippen LogP contribution in [0, 0.1) is 0 Å². The third-order valence-electron chi connectivity index (χ3n) is 4.54. The van der Waals surface area contributed by atoms with Crippen LogP contribution < -0.4 is 10.9 Å². The number of aromatic nitrogens is 7. The molecule has 2 unspecified atom stereocenters. The maximum absolute atomic E-state index is 12.4. The average Bonchev–Trinajstić information content (AvgIpc) is 3.44. The van der Waals surface area contributed by atoms with Crippen LogP contribution in [0.3, 0.4) is 0 Å². The van der Waals surface area contributed by atoms with Crippen LogP contribution in [0.15, 0.2) is 59.8 Å². The number of rotatable bonds is 4. The van der Waals surface area contributed by atoms with E-state index in [-0.39, 0.29) is 17.6 Å². The number of anilines is 1. The van der Waals surface area contributed by atoms with Gasteiger partial charge in [-0.1, -0.05) is 6.07 Å². The summed E-state index contributed by atoms with van der Waals surface area (Å²) in [6.45, 7) is 0.816. The zero-order valence-corrected chi connectivity index (χ0v) is 14.2. The Kier molecular flexibility index (Phi) is 3.68. The van der Waals surface area contributed by atoms with E-state index in [0.717, 1.165) is 5.65 Å². The van der Waals surface area contributed by atoms with Crippen molar-refractivity contribution in [2.45, 2.75) is 12.1 Å².